The summed E-state index contributed by atoms with van der Waals surface area (Å²) in [5, 5.41) is 7.25. The van der Waals surface area contributed by atoms with E-state index < -0.39 is 9.84 Å². The third-order valence-corrected chi connectivity index (χ3v) is 11.0. The number of benzene rings is 1. The van der Waals surface area contributed by atoms with Gasteiger partial charge in [-0.05, 0) is 74.7 Å². The minimum Gasteiger partial charge on any atom is -0.489 e. The van der Waals surface area contributed by atoms with E-state index in [2.05, 4.69) is 25.6 Å². The Labute approximate surface area is 263 Å². The second-order valence-electron chi connectivity index (χ2n) is 11.1. The van der Waals surface area contributed by atoms with Crippen LogP contribution in [0.2, 0.25) is 0 Å². The fourth-order valence-electron chi connectivity index (χ4n) is 5.70. The van der Waals surface area contributed by atoms with Gasteiger partial charge in [0.15, 0.2) is 0 Å². The SMILES string of the molecule is Cc1cc(S(=O)(=O)c2cncs2)cnc1-c1cc2cnc(Nc3ccc(OC4CCCNC4)cc3)nc2n(C2CCOC2)c1=O. The summed E-state index contributed by atoms with van der Waals surface area (Å²) in [5.74, 6) is 1.15. The van der Waals surface area contributed by atoms with Gasteiger partial charge in [-0.15, -0.1) is 11.3 Å². The maximum absolute atomic E-state index is 14.1. The lowest BCUT2D eigenvalue weighted by Crippen LogP contribution is -2.37. The summed E-state index contributed by atoms with van der Waals surface area (Å²) in [4.78, 5) is 31.8. The van der Waals surface area contributed by atoms with Gasteiger partial charge in [0.25, 0.3) is 5.56 Å². The average Bonchev–Trinajstić information content (AvgIpc) is 3.79. The topological polar surface area (TPSA) is 150 Å². The fraction of sp³-hybridized carbons (Fsp3) is 0.323. The zero-order chi connectivity index (χ0) is 31.0. The van der Waals surface area contributed by atoms with Gasteiger partial charge in [0, 0.05) is 36.6 Å². The van der Waals surface area contributed by atoms with Crippen LogP contribution < -0.4 is 20.9 Å². The number of piperidine rings is 1. The van der Waals surface area contributed by atoms with Gasteiger partial charge in [0.1, 0.15) is 21.7 Å². The van der Waals surface area contributed by atoms with E-state index in [0.29, 0.717) is 53.4 Å². The number of sulfone groups is 1. The molecule has 5 aromatic rings. The third-order valence-electron chi connectivity index (χ3n) is 8.00. The maximum atomic E-state index is 14.1. The Morgan fingerprint density at radius 3 is 2.69 bits per heavy atom. The monoisotopic (exact) mass is 645 g/mol. The van der Waals surface area contributed by atoms with Gasteiger partial charge >= 0.3 is 0 Å². The fourth-order valence-corrected chi connectivity index (χ4v) is 7.93. The summed E-state index contributed by atoms with van der Waals surface area (Å²) in [7, 11) is -3.77. The highest BCUT2D eigenvalue weighted by molar-refractivity contribution is 7.93. The molecule has 4 aromatic heterocycles. The molecular weight excluding hydrogens is 615 g/mol. The lowest BCUT2D eigenvalue weighted by Gasteiger charge is -2.24. The number of thiazole rings is 1. The molecule has 7 rings (SSSR count). The van der Waals surface area contributed by atoms with Crippen LogP contribution >= 0.6 is 11.3 Å². The van der Waals surface area contributed by atoms with Crippen molar-refractivity contribution in [2.75, 3.05) is 31.6 Å². The Bertz CT molecular complexity index is 2000. The summed E-state index contributed by atoms with van der Waals surface area (Å²) in [6.07, 6.45) is 7.23. The Morgan fingerprint density at radius 1 is 1.11 bits per heavy atom. The van der Waals surface area contributed by atoms with Crippen LogP contribution in [0.3, 0.4) is 0 Å². The molecule has 2 fully saturated rings. The number of pyridine rings is 2. The van der Waals surface area contributed by atoms with Crippen LogP contribution in [-0.2, 0) is 14.6 Å². The van der Waals surface area contributed by atoms with Crippen LogP contribution in [0.25, 0.3) is 22.3 Å². The molecule has 0 radical (unpaired) electrons. The number of fused-ring (bicyclic) bond motifs is 1. The molecule has 0 saturated carbocycles. The molecule has 2 saturated heterocycles. The highest BCUT2D eigenvalue weighted by Gasteiger charge is 2.26. The first-order chi connectivity index (χ1) is 21.9. The number of hydrogen-bond donors (Lipinski definition) is 2. The summed E-state index contributed by atoms with van der Waals surface area (Å²) in [6.45, 7) is 4.53. The normalized spacial score (nSPS) is 18.7. The van der Waals surface area contributed by atoms with Crippen molar-refractivity contribution in [1.82, 2.24) is 29.8 Å². The van der Waals surface area contributed by atoms with Crippen molar-refractivity contribution in [3.8, 4) is 17.0 Å². The molecule has 0 bridgehead atoms. The summed E-state index contributed by atoms with van der Waals surface area (Å²) < 4.78 is 39.6. The lowest BCUT2D eigenvalue weighted by atomic mass is 10.1. The van der Waals surface area contributed by atoms with Gasteiger partial charge in [-0.25, -0.2) is 13.4 Å². The third kappa shape index (κ3) is 5.93. The first kappa shape index (κ1) is 29.5. The van der Waals surface area contributed by atoms with Gasteiger partial charge in [-0.1, -0.05) is 0 Å². The van der Waals surface area contributed by atoms with Crippen LogP contribution in [0.4, 0.5) is 11.6 Å². The molecular formula is C31H31N7O5S2. The van der Waals surface area contributed by atoms with Gasteiger partial charge in [-0.2, -0.15) is 4.98 Å². The second-order valence-corrected chi connectivity index (χ2v) is 14.2. The molecule has 0 amide bonds. The summed E-state index contributed by atoms with van der Waals surface area (Å²) in [6, 6.07) is 10.7. The van der Waals surface area contributed by atoms with E-state index in [9.17, 15) is 13.2 Å². The highest BCUT2D eigenvalue weighted by atomic mass is 32.2. The van der Waals surface area contributed by atoms with Crippen LogP contribution in [0.5, 0.6) is 5.75 Å². The van der Waals surface area contributed by atoms with Gasteiger partial charge in [0.05, 0.1) is 40.5 Å². The lowest BCUT2D eigenvalue weighted by molar-refractivity contribution is 0.167. The Kier molecular flexibility index (Phi) is 8.04. The molecule has 1 aromatic carbocycles. The average molecular weight is 646 g/mol. The van der Waals surface area contributed by atoms with Crippen LogP contribution in [-0.4, -0.2) is 65.3 Å². The van der Waals surface area contributed by atoms with Gasteiger partial charge in [-0.3, -0.25) is 19.3 Å². The van der Waals surface area contributed by atoms with E-state index >= 15 is 0 Å². The van der Waals surface area contributed by atoms with E-state index in [-0.39, 0.29) is 26.8 Å². The van der Waals surface area contributed by atoms with Crippen molar-refractivity contribution in [2.45, 2.75) is 47.4 Å². The zero-order valence-corrected chi connectivity index (χ0v) is 26.1. The van der Waals surface area contributed by atoms with Crippen LogP contribution in [0, 0.1) is 6.92 Å². The van der Waals surface area contributed by atoms with Crippen molar-refractivity contribution in [3.05, 3.63) is 76.4 Å². The molecule has 232 valence electrons. The van der Waals surface area contributed by atoms with E-state index in [0.717, 1.165) is 48.7 Å². The van der Waals surface area contributed by atoms with Crippen LogP contribution in [0.15, 0.2) is 74.4 Å². The second kappa shape index (κ2) is 12.3. The molecule has 0 spiro atoms. The molecule has 2 aliphatic heterocycles. The minimum absolute atomic E-state index is 0.0444. The molecule has 2 N–H and O–H groups in total. The number of aryl methyl sites for hydroxylation is 1. The molecule has 2 atom stereocenters. The molecule has 14 heteroatoms. The van der Waals surface area contributed by atoms with Crippen molar-refractivity contribution in [1.29, 1.82) is 0 Å². The number of aromatic nitrogens is 5. The molecule has 0 aliphatic carbocycles. The summed E-state index contributed by atoms with van der Waals surface area (Å²) in [5.41, 5.74) is 3.73. The number of nitrogens with zero attached hydrogens (tertiary/aromatic N) is 5. The maximum Gasteiger partial charge on any atom is 0.262 e. The number of nitrogens with one attached hydrogen (secondary N) is 2. The first-order valence-electron chi connectivity index (χ1n) is 14.7. The zero-order valence-electron chi connectivity index (χ0n) is 24.5. The van der Waals surface area contributed by atoms with Crippen molar-refractivity contribution < 1.29 is 17.9 Å². The number of anilines is 2. The van der Waals surface area contributed by atoms with E-state index in [1.807, 2.05) is 24.3 Å². The number of hydrogen-bond acceptors (Lipinski definition) is 12. The van der Waals surface area contributed by atoms with Crippen molar-refractivity contribution in [2.24, 2.45) is 0 Å². The highest BCUT2D eigenvalue weighted by Crippen LogP contribution is 2.30. The van der Waals surface area contributed by atoms with Crippen molar-refractivity contribution >= 4 is 43.8 Å². The van der Waals surface area contributed by atoms with Crippen LogP contribution in [0.1, 0.15) is 30.9 Å². The first-order valence-corrected chi connectivity index (χ1v) is 17.1. The standard InChI is InChI=1S/C31H31N7O5S2/c1-19-11-25(45(40,41)27-16-33-18-44-27)15-34-28(19)26-12-20-13-35-31(37-29(20)38(30(26)39)22-8-10-42-17-22)36-21-4-6-23(7-5-21)43-24-3-2-9-32-14-24/h4-7,11-13,15-16,18,22,24,32H,2-3,8-10,14,17H2,1H3,(H,35,36,37). The number of ether oxygens (including phenoxy) is 2. The van der Waals surface area contributed by atoms with Crippen molar-refractivity contribution in [3.63, 3.8) is 0 Å². The Morgan fingerprint density at radius 2 is 1.98 bits per heavy atom. The van der Waals surface area contributed by atoms with E-state index in [4.69, 9.17) is 14.5 Å². The summed E-state index contributed by atoms with van der Waals surface area (Å²) >= 11 is 1.04. The molecule has 12 nitrogen and oxygen atoms in total. The van der Waals surface area contributed by atoms with E-state index in [1.54, 1.807) is 23.8 Å². The minimum atomic E-state index is -3.77. The molecule has 2 aliphatic rings. The Balaban J connectivity index is 1.21. The van der Waals surface area contributed by atoms with E-state index in [1.165, 1.54) is 24.0 Å². The Hall–Kier alpha value is -4.24. The molecule has 45 heavy (non-hydrogen) atoms. The van der Waals surface area contributed by atoms with Gasteiger partial charge in [0.2, 0.25) is 15.8 Å². The smallest absolute Gasteiger partial charge is 0.262 e. The predicted octanol–water partition coefficient (Wildman–Crippen LogP) is 4.29. The largest absolute Gasteiger partial charge is 0.489 e. The molecule has 6 heterocycles. The quantitative estimate of drug-likeness (QED) is 0.249. The van der Waals surface area contributed by atoms with Gasteiger partial charge < -0.3 is 20.1 Å². The molecule has 2 unspecified atom stereocenters. The predicted molar refractivity (Wildman–Crippen MR) is 170 cm³/mol. The number of rotatable bonds is 8.